The molecule has 1 heterocycles. The van der Waals surface area contributed by atoms with Gasteiger partial charge in [-0.3, -0.25) is 9.36 Å². The molecular weight excluding hydrogens is 390 g/mol. The highest BCUT2D eigenvalue weighted by molar-refractivity contribution is 5.92. The van der Waals surface area contributed by atoms with Crippen molar-refractivity contribution in [2.24, 2.45) is 11.8 Å². The highest BCUT2D eigenvalue weighted by Crippen LogP contribution is 2.31. The van der Waals surface area contributed by atoms with Crippen molar-refractivity contribution in [3.05, 3.63) is 41.5 Å². The van der Waals surface area contributed by atoms with E-state index in [1.807, 2.05) is 17.6 Å². The number of aliphatic hydroxyl groups is 1. The molecule has 1 fully saturated rings. The van der Waals surface area contributed by atoms with Crippen LogP contribution in [0.25, 0.3) is 5.69 Å². The zero-order valence-corrected chi connectivity index (χ0v) is 19.6. The van der Waals surface area contributed by atoms with E-state index in [2.05, 4.69) is 43.2 Å². The number of methoxy groups -OCH3 is 1. The molecule has 2 N–H and O–H groups in total. The fraction of sp³-hybridized carbons (Fsp3) is 0.600. The van der Waals surface area contributed by atoms with Crippen molar-refractivity contribution in [1.82, 2.24) is 14.9 Å². The molecule has 0 radical (unpaired) electrons. The summed E-state index contributed by atoms with van der Waals surface area (Å²) >= 11 is 0. The Morgan fingerprint density at radius 2 is 2.06 bits per heavy atom. The van der Waals surface area contributed by atoms with Crippen LogP contribution in [0.3, 0.4) is 0 Å². The lowest BCUT2D eigenvalue weighted by atomic mass is 9.79. The van der Waals surface area contributed by atoms with Gasteiger partial charge in [-0.1, -0.05) is 33.8 Å². The van der Waals surface area contributed by atoms with Crippen LogP contribution in [0.1, 0.15) is 75.3 Å². The molecule has 6 nitrogen and oxygen atoms in total. The number of nitrogens with one attached hydrogen (secondary N) is 1. The van der Waals surface area contributed by atoms with Gasteiger partial charge < -0.3 is 15.2 Å². The van der Waals surface area contributed by atoms with Crippen molar-refractivity contribution in [2.45, 2.75) is 71.8 Å². The number of benzene rings is 1. The van der Waals surface area contributed by atoms with Gasteiger partial charge in [0.1, 0.15) is 17.3 Å². The van der Waals surface area contributed by atoms with Gasteiger partial charge in [0.2, 0.25) is 0 Å². The first kappa shape index (κ1) is 23.3. The average molecular weight is 428 g/mol. The molecule has 1 aromatic heterocycles. The Hall–Kier alpha value is -2.34. The summed E-state index contributed by atoms with van der Waals surface area (Å²) in [5, 5.41) is 13.7. The molecule has 0 unspecified atom stereocenters. The molecular formula is C25H37N3O3. The Labute approximate surface area is 186 Å². The lowest BCUT2D eigenvalue weighted by molar-refractivity contribution is -0.00543. The second-order valence-corrected chi connectivity index (χ2v) is 9.46. The van der Waals surface area contributed by atoms with E-state index < -0.39 is 5.60 Å². The predicted octanol–water partition coefficient (Wildman–Crippen LogP) is 4.31. The van der Waals surface area contributed by atoms with Crippen LogP contribution in [-0.2, 0) is 12.8 Å². The molecule has 0 aliphatic heterocycles. The first-order valence-corrected chi connectivity index (χ1v) is 11.5. The topological polar surface area (TPSA) is 76.4 Å². The maximum Gasteiger partial charge on any atom is 0.271 e. The van der Waals surface area contributed by atoms with Gasteiger partial charge in [-0.15, -0.1) is 0 Å². The van der Waals surface area contributed by atoms with Gasteiger partial charge in [0, 0.05) is 19.2 Å². The van der Waals surface area contributed by atoms with E-state index in [0.717, 1.165) is 49.4 Å². The summed E-state index contributed by atoms with van der Waals surface area (Å²) in [6, 6.07) is 6.20. The van der Waals surface area contributed by atoms with Crippen LogP contribution in [0.4, 0.5) is 0 Å². The molecule has 0 spiro atoms. The smallest absolute Gasteiger partial charge is 0.271 e. The summed E-state index contributed by atoms with van der Waals surface area (Å²) in [6.07, 6.45) is 6.87. The molecule has 6 heteroatoms. The number of imidazole rings is 1. The summed E-state index contributed by atoms with van der Waals surface area (Å²) in [4.78, 5) is 17.4. The molecule has 0 saturated heterocycles. The number of aromatic nitrogens is 2. The number of rotatable bonds is 8. The van der Waals surface area contributed by atoms with Crippen LogP contribution in [0.2, 0.25) is 0 Å². The standard InChI is InChI=1S/C25H37N3O3/c1-6-23-27-20(24(29)26-16-25(30)11-9-18(4)10-12-25)15-28(23)21-8-7-19(13-17(2)3)14-22(21)31-5/h7-8,14-15,17-18,30H,6,9-13,16H2,1-5H3,(H,26,29). The van der Waals surface area contributed by atoms with Crippen molar-refractivity contribution in [2.75, 3.05) is 13.7 Å². The Morgan fingerprint density at radius 3 is 2.68 bits per heavy atom. The van der Waals surface area contributed by atoms with Crippen molar-refractivity contribution in [3.8, 4) is 11.4 Å². The van der Waals surface area contributed by atoms with Crippen LogP contribution in [0.5, 0.6) is 5.75 Å². The molecule has 1 aromatic carbocycles. The lowest BCUT2D eigenvalue weighted by Crippen LogP contribution is -2.45. The minimum absolute atomic E-state index is 0.254. The number of carbonyl (C=O) groups excluding carboxylic acids is 1. The van der Waals surface area contributed by atoms with E-state index in [1.54, 1.807) is 13.3 Å². The van der Waals surface area contributed by atoms with Crippen LogP contribution < -0.4 is 10.1 Å². The number of ether oxygens (including phenoxy) is 1. The number of aryl methyl sites for hydroxylation is 1. The van der Waals surface area contributed by atoms with Crippen LogP contribution in [-0.4, -0.2) is 39.8 Å². The van der Waals surface area contributed by atoms with E-state index in [4.69, 9.17) is 4.74 Å². The molecule has 0 atom stereocenters. The number of hydrogen-bond acceptors (Lipinski definition) is 4. The first-order chi connectivity index (χ1) is 14.7. The van der Waals surface area contributed by atoms with Crippen molar-refractivity contribution in [1.29, 1.82) is 0 Å². The van der Waals surface area contributed by atoms with Crippen LogP contribution >= 0.6 is 0 Å². The molecule has 1 amide bonds. The summed E-state index contributed by atoms with van der Waals surface area (Å²) in [6.45, 7) is 8.88. The lowest BCUT2D eigenvalue weighted by Gasteiger charge is -2.34. The highest BCUT2D eigenvalue weighted by atomic mass is 16.5. The second-order valence-electron chi connectivity index (χ2n) is 9.46. The van der Waals surface area contributed by atoms with E-state index >= 15 is 0 Å². The van der Waals surface area contributed by atoms with Crippen molar-refractivity contribution >= 4 is 5.91 Å². The quantitative estimate of drug-likeness (QED) is 0.658. The molecule has 1 aliphatic carbocycles. The van der Waals surface area contributed by atoms with Crippen LogP contribution in [0, 0.1) is 11.8 Å². The second kappa shape index (κ2) is 9.86. The molecule has 31 heavy (non-hydrogen) atoms. The SMILES string of the molecule is CCc1nc(C(=O)NCC2(O)CCC(C)CC2)cn1-c1ccc(CC(C)C)cc1OC. The Morgan fingerprint density at radius 1 is 1.35 bits per heavy atom. The van der Waals surface area contributed by atoms with Crippen molar-refractivity contribution < 1.29 is 14.6 Å². The van der Waals surface area contributed by atoms with Gasteiger partial charge in [0.05, 0.1) is 18.4 Å². The molecule has 0 bridgehead atoms. The first-order valence-electron chi connectivity index (χ1n) is 11.5. The zero-order valence-electron chi connectivity index (χ0n) is 19.6. The molecule has 3 rings (SSSR count). The summed E-state index contributed by atoms with van der Waals surface area (Å²) in [7, 11) is 1.67. The van der Waals surface area contributed by atoms with Gasteiger partial charge in [0.15, 0.2) is 0 Å². The third kappa shape index (κ3) is 5.67. The summed E-state index contributed by atoms with van der Waals surface area (Å²) < 4.78 is 7.59. The Bertz CT molecular complexity index is 895. The van der Waals surface area contributed by atoms with Gasteiger partial charge in [-0.2, -0.15) is 0 Å². The Balaban J connectivity index is 1.78. The minimum atomic E-state index is -0.812. The monoisotopic (exact) mass is 427 g/mol. The predicted molar refractivity (Wildman–Crippen MR) is 123 cm³/mol. The number of nitrogens with zero attached hydrogens (tertiary/aromatic N) is 2. The van der Waals surface area contributed by atoms with Crippen LogP contribution in [0.15, 0.2) is 24.4 Å². The minimum Gasteiger partial charge on any atom is -0.495 e. The fourth-order valence-corrected chi connectivity index (χ4v) is 4.32. The number of carbonyl (C=O) groups is 1. The number of amides is 1. The summed E-state index contributed by atoms with van der Waals surface area (Å²) in [5.41, 5.74) is 1.64. The van der Waals surface area contributed by atoms with Gasteiger partial charge in [-0.25, -0.2) is 4.98 Å². The van der Waals surface area contributed by atoms with Crippen molar-refractivity contribution in [3.63, 3.8) is 0 Å². The molecule has 2 aromatic rings. The van der Waals surface area contributed by atoms with E-state index in [0.29, 0.717) is 24.0 Å². The van der Waals surface area contributed by atoms with E-state index in [-0.39, 0.29) is 12.5 Å². The van der Waals surface area contributed by atoms with Gasteiger partial charge in [0.25, 0.3) is 5.91 Å². The third-order valence-electron chi connectivity index (χ3n) is 6.26. The van der Waals surface area contributed by atoms with E-state index in [1.165, 1.54) is 5.56 Å². The molecule has 1 saturated carbocycles. The average Bonchev–Trinajstić information content (AvgIpc) is 3.18. The third-order valence-corrected chi connectivity index (χ3v) is 6.26. The molecule has 1 aliphatic rings. The normalized spacial score (nSPS) is 21.3. The number of hydrogen-bond donors (Lipinski definition) is 2. The highest BCUT2D eigenvalue weighted by Gasteiger charge is 2.32. The van der Waals surface area contributed by atoms with E-state index in [9.17, 15) is 9.90 Å². The van der Waals surface area contributed by atoms with Gasteiger partial charge in [-0.05, 0) is 61.6 Å². The summed E-state index contributed by atoms with van der Waals surface area (Å²) in [5.74, 6) is 2.51. The largest absolute Gasteiger partial charge is 0.495 e. The fourth-order valence-electron chi connectivity index (χ4n) is 4.32. The maximum absolute atomic E-state index is 12.8. The maximum atomic E-state index is 12.8. The zero-order chi connectivity index (χ0) is 22.6. The van der Waals surface area contributed by atoms with Gasteiger partial charge >= 0.3 is 0 Å². The molecule has 170 valence electrons. The Kier molecular flexibility index (Phi) is 7.42.